The van der Waals surface area contributed by atoms with E-state index in [0.29, 0.717) is 6.29 Å². The van der Waals surface area contributed by atoms with E-state index in [4.69, 9.17) is 5.11 Å². The molecule has 0 spiro atoms. The van der Waals surface area contributed by atoms with Gasteiger partial charge in [0.15, 0.2) is 0 Å². The molecule has 0 aliphatic rings. The second-order valence-corrected chi connectivity index (χ2v) is 0.679. The minimum Gasteiger partial charge on any atom is -1.00 e. The van der Waals surface area contributed by atoms with E-state index in [1.165, 1.54) is 0 Å². The first kappa shape index (κ1) is 10.3. The van der Waals surface area contributed by atoms with Gasteiger partial charge in [-0.25, -0.2) is 0 Å². The number of carbonyl (C=O) groups is 1. The van der Waals surface area contributed by atoms with Crippen molar-refractivity contribution in [3.8, 4) is 0 Å². The van der Waals surface area contributed by atoms with Gasteiger partial charge in [-0.2, -0.15) is 0 Å². The number of hydrogen-bond acceptors (Lipinski definition) is 2. The molecule has 0 aliphatic carbocycles. The van der Waals surface area contributed by atoms with Crippen molar-refractivity contribution in [2.45, 2.75) is 6.42 Å². The summed E-state index contributed by atoms with van der Waals surface area (Å²) in [6.45, 7) is -0.0243. The second kappa shape index (κ2) is 9.55. The van der Waals surface area contributed by atoms with E-state index in [1.54, 1.807) is 0 Å². The Morgan fingerprint density at radius 1 is 1.83 bits per heavy atom. The van der Waals surface area contributed by atoms with Gasteiger partial charge in [0.2, 0.25) is 0 Å². The molecule has 32 valence electrons. The molecule has 3 heteroatoms. The Labute approximate surface area is 80.8 Å². The number of carbonyl (C=O) groups excluding carboxylic acids is 1. The zero-order valence-corrected chi connectivity index (χ0v) is 6.97. The summed E-state index contributed by atoms with van der Waals surface area (Å²) in [5.74, 6) is 0. The largest absolute Gasteiger partial charge is 1.00 e. The molecule has 0 fully saturated rings. The van der Waals surface area contributed by atoms with Gasteiger partial charge < -0.3 is 11.3 Å². The van der Waals surface area contributed by atoms with Gasteiger partial charge in [-0.15, -0.1) is 0 Å². The third kappa shape index (κ3) is 8.98. The van der Waals surface area contributed by atoms with Gasteiger partial charge in [-0.05, 0) is 0 Å². The average Bonchev–Trinajstić information content (AvgIpc) is 1.41. The van der Waals surface area contributed by atoms with Crippen molar-refractivity contribution < 1.29 is 62.7 Å². The van der Waals surface area contributed by atoms with E-state index < -0.39 is 0 Å². The number of aliphatic hydroxyl groups is 1. The Balaban J connectivity index is -0.0000000800. The number of aldehydes is 1. The SMILES string of the molecule is O=CCCO.[H-].[K+]. The molecule has 1 N–H and O–H groups in total. The number of rotatable bonds is 2. The van der Waals surface area contributed by atoms with Crippen molar-refractivity contribution in [3.63, 3.8) is 0 Å². The maximum absolute atomic E-state index is 9.24. The first-order valence-electron chi connectivity index (χ1n) is 1.46. The molecule has 0 rings (SSSR count). The predicted octanol–water partition coefficient (Wildman–Crippen LogP) is -3.32. The summed E-state index contributed by atoms with van der Waals surface area (Å²) >= 11 is 0. The summed E-state index contributed by atoms with van der Waals surface area (Å²) in [6, 6.07) is 0. The van der Waals surface area contributed by atoms with Gasteiger partial charge >= 0.3 is 51.4 Å². The molecule has 0 heterocycles. The zero-order valence-electron chi connectivity index (χ0n) is 4.85. The van der Waals surface area contributed by atoms with Crippen molar-refractivity contribution in [3.05, 3.63) is 0 Å². The minimum atomic E-state index is -0.0243. The Morgan fingerprint density at radius 3 is 2.33 bits per heavy atom. The van der Waals surface area contributed by atoms with Crippen LogP contribution in [0, 0.1) is 0 Å². The molecule has 0 bridgehead atoms. The normalized spacial score (nSPS) is 6.17. The number of aliphatic hydroxyl groups excluding tert-OH is 1. The van der Waals surface area contributed by atoms with Crippen LogP contribution in [-0.2, 0) is 4.79 Å². The molecule has 0 amide bonds. The van der Waals surface area contributed by atoms with Gasteiger partial charge in [-0.3, -0.25) is 0 Å². The Kier molecular flexibility index (Phi) is 16.4. The minimum absolute atomic E-state index is 0. The monoisotopic (exact) mass is 114 g/mol. The third-order valence-electron chi connectivity index (χ3n) is 0.247. The summed E-state index contributed by atoms with van der Waals surface area (Å²) in [5.41, 5.74) is 0. The van der Waals surface area contributed by atoms with Gasteiger partial charge in [0.1, 0.15) is 6.29 Å². The van der Waals surface area contributed by atoms with Crippen LogP contribution in [0.5, 0.6) is 0 Å². The molecule has 2 nitrogen and oxygen atoms in total. The van der Waals surface area contributed by atoms with Gasteiger partial charge in [-0.1, -0.05) is 0 Å². The predicted molar refractivity (Wildman–Crippen MR) is 18.9 cm³/mol. The molecule has 0 aromatic rings. The molecule has 0 aromatic carbocycles. The van der Waals surface area contributed by atoms with Crippen molar-refractivity contribution in [1.29, 1.82) is 0 Å². The van der Waals surface area contributed by atoms with E-state index >= 15 is 0 Å². The van der Waals surface area contributed by atoms with Gasteiger partial charge in [0.25, 0.3) is 0 Å². The summed E-state index contributed by atoms with van der Waals surface area (Å²) in [5, 5.41) is 7.84. The van der Waals surface area contributed by atoms with Crippen molar-refractivity contribution in [2.24, 2.45) is 0 Å². The quantitative estimate of drug-likeness (QED) is 0.301. The van der Waals surface area contributed by atoms with Gasteiger partial charge in [0.05, 0.1) is 0 Å². The van der Waals surface area contributed by atoms with Crippen molar-refractivity contribution in [2.75, 3.05) is 6.61 Å². The Hall–Kier alpha value is 1.27. The van der Waals surface area contributed by atoms with Gasteiger partial charge in [0, 0.05) is 13.0 Å². The van der Waals surface area contributed by atoms with Crippen LogP contribution in [0.4, 0.5) is 0 Å². The van der Waals surface area contributed by atoms with Crippen LogP contribution in [-0.4, -0.2) is 18.0 Å². The van der Waals surface area contributed by atoms with Crippen LogP contribution < -0.4 is 51.4 Å². The van der Waals surface area contributed by atoms with Crippen LogP contribution in [0.15, 0.2) is 0 Å². The fraction of sp³-hybridized carbons (Fsp3) is 0.667. The third-order valence-corrected chi connectivity index (χ3v) is 0.247. The topological polar surface area (TPSA) is 37.3 Å². The first-order valence-corrected chi connectivity index (χ1v) is 1.46. The number of hydrogen-bond donors (Lipinski definition) is 1. The Morgan fingerprint density at radius 2 is 2.33 bits per heavy atom. The molecule has 0 aliphatic heterocycles. The standard InChI is InChI=1S/C3H6O2.K.H/c4-2-1-3-5;;/h2,5H,1,3H2;;/q;+1;-1. The summed E-state index contributed by atoms with van der Waals surface area (Å²) in [4.78, 5) is 9.24. The second-order valence-electron chi connectivity index (χ2n) is 0.679. The smallest absolute Gasteiger partial charge is 1.00 e. The average molecular weight is 114 g/mol. The molecule has 0 atom stereocenters. The molecular formula is C3H7KO2. The molecule has 0 unspecified atom stereocenters. The van der Waals surface area contributed by atoms with E-state index in [1.807, 2.05) is 0 Å². The maximum Gasteiger partial charge on any atom is 1.00 e. The van der Waals surface area contributed by atoms with Crippen molar-refractivity contribution in [1.82, 2.24) is 0 Å². The van der Waals surface area contributed by atoms with Crippen LogP contribution >= 0.6 is 0 Å². The fourth-order valence-corrected chi connectivity index (χ4v) is 0.0527. The van der Waals surface area contributed by atoms with E-state index in [2.05, 4.69) is 0 Å². The zero-order chi connectivity index (χ0) is 4.12. The molecule has 0 radical (unpaired) electrons. The molecule has 0 aromatic heterocycles. The Bertz CT molecular complexity index is 34.1. The maximum atomic E-state index is 9.24. The van der Waals surface area contributed by atoms with Crippen molar-refractivity contribution >= 4 is 6.29 Å². The van der Waals surface area contributed by atoms with Crippen LogP contribution in [0.2, 0.25) is 0 Å². The molecular weight excluding hydrogens is 107 g/mol. The first-order chi connectivity index (χ1) is 2.41. The molecule has 6 heavy (non-hydrogen) atoms. The molecule has 0 saturated carbocycles. The summed E-state index contributed by atoms with van der Waals surface area (Å²) in [6.07, 6.45) is 0.944. The van der Waals surface area contributed by atoms with Crippen LogP contribution in [0.1, 0.15) is 7.85 Å². The fourth-order valence-electron chi connectivity index (χ4n) is 0.0527. The van der Waals surface area contributed by atoms with Crippen LogP contribution in [0.3, 0.4) is 0 Å². The summed E-state index contributed by atoms with van der Waals surface area (Å²) < 4.78 is 0. The summed E-state index contributed by atoms with van der Waals surface area (Å²) in [7, 11) is 0. The van der Waals surface area contributed by atoms with E-state index in [9.17, 15) is 4.79 Å². The van der Waals surface area contributed by atoms with E-state index in [-0.39, 0.29) is 65.8 Å². The van der Waals surface area contributed by atoms with E-state index in [0.717, 1.165) is 0 Å². The van der Waals surface area contributed by atoms with Crippen LogP contribution in [0.25, 0.3) is 0 Å². The molecule has 0 saturated heterocycles.